The molecule has 6 nitrogen and oxygen atoms in total. The Balaban J connectivity index is 1.70. The van der Waals surface area contributed by atoms with Crippen LogP contribution in [0.25, 0.3) is 0 Å². The van der Waals surface area contributed by atoms with Crippen molar-refractivity contribution in [3.8, 4) is 0 Å². The number of rotatable bonds is 3. The molecule has 0 N–H and O–H groups in total. The van der Waals surface area contributed by atoms with E-state index in [0.717, 1.165) is 24.9 Å². The average Bonchev–Trinajstić information content (AvgIpc) is 2.89. The monoisotopic (exact) mass is 312 g/mol. The van der Waals surface area contributed by atoms with E-state index in [-0.39, 0.29) is 5.69 Å². The van der Waals surface area contributed by atoms with Gasteiger partial charge in [0, 0.05) is 25.1 Å². The summed E-state index contributed by atoms with van der Waals surface area (Å²) in [5.74, 6) is -0.467. The molecule has 2 heterocycles. The number of nitro groups is 1. The number of likely N-dealkylation sites (tertiary alicyclic amines) is 1. The number of halogens is 1. The number of ether oxygens (including phenoxy) is 2. The third-order valence-electron chi connectivity index (χ3n) is 3.95. The molecule has 0 aromatic heterocycles. The van der Waals surface area contributed by atoms with Gasteiger partial charge in [0.05, 0.1) is 29.7 Å². The van der Waals surface area contributed by atoms with Crippen molar-refractivity contribution in [1.82, 2.24) is 4.90 Å². The number of hydrogen-bond acceptors (Lipinski definition) is 5. The molecular formula is C14H17ClN2O4. The van der Waals surface area contributed by atoms with Gasteiger partial charge >= 0.3 is 0 Å². The molecule has 21 heavy (non-hydrogen) atoms. The Kier molecular flexibility index (Phi) is 4.12. The van der Waals surface area contributed by atoms with Crippen molar-refractivity contribution < 1.29 is 14.4 Å². The quantitative estimate of drug-likeness (QED) is 0.634. The normalized spacial score (nSPS) is 21.8. The van der Waals surface area contributed by atoms with Crippen molar-refractivity contribution in [2.45, 2.75) is 25.2 Å². The smallest absolute Gasteiger partial charge is 0.270 e. The molecule has 1 aromatic carbocycles. The molecule has 7 heteroatoms. The Bertz CT molecular complexity index is 546. The van der Waals surface area contributed by atoms with Crippen LogP contribution >= 0.6 is 11.6 Å². The number of piperidine rings is 1. The topological polar surface area (TPSA) is 64.8 Å². The van der Waals surface area contributed by atoms with Gasteiger partial charge in [-0.25, -0.2) is 0 Å². The van der Waals surface area contributed by atoms with E-state index < -0.39 is 10.7 Å². The van der Waals surface area contributed by atoms with Crippen LogP contribution in [0, 0.1) is 10.1 Å². The van der Waals surface area contributed by atoms with Gasteiger partial charge in [-0.05, 0) is 24.6 Å². The lowest BCUT2D eigenvalue weighted by Crippen LogP contribution is -2.48. The molecule has 114 valence electrons. The highest BCUT2D eigenvalue weighted by atomic mass is 35.5. The summed E-state index contributed by atoms with van der Waals surface area (Å²) in [5.41, 5.74) is 0.902. The van der Waals surface area contributed by atoms with E-state index >= 15 is 0 Å². The van der Waals surface area contributed by atoms with Gasteiger partial charge in [-0.1, -0.05) is 11.6 Å². The molecule has 2 aliphatic heterocycles. The summed E-state index contributed by atoms with van der Waals surface area (Å²) in [7, 11) is 0. The minimum Gasteiger partial charge on any atom is -0.346 e. The van der Waals surface area contributed by atoms with Crippen LogP contribution in [0.1, 0.15) is 18.4 Å². The zero-order valence-corrected chi connectivity index (χ0v) is 12.3. The van der Waals surface area contributed by atoms with Gasteiger partial charge in [0.15, 0.2) is 5.79 Å². The molecule has 2 fully saturated rings. The van der Waals surface area contributed by atoms with Crippen molar-refractivity contribution in [2.75, 3.05) is 26.3 Å². The van der Waals surface area contributed by atoms with Crippen molar-refractivity contribution >= 4 is 17.3 Å². The maximum Gasteiger partial charge on any atom is 0.270 e. The Hall–Kier alpha value is -1.21. The molecule has 1 spiro atoms. The van der Waals surface area contributed by atoms with E-state index in [4.69, 9.17) is 21.1 Å². The summed E-state index contributed by atoms with van der Waals surface area (Å²) in [6, 6.07) is 4.61. The van der Waals surface area contributed by atoms with Gasteiger partial charge in [-0.3, -0.25) is 15.0 Å². The summed E-state index contributed by atoms with van der Waals surface area (Å²) in [6.07, 6.45) is 1.92. The number of hydrogen-bond donors (Lipinski definition) is 0. The van der Waals surface area contributed by atoms with Gasteiger partial charge < -0.3 is 9.47 Å². The Labute approximate surface area is 127 Å². The van der Waals surface area contributed by atoms with E-state index in [0.29, 0.717) is 31.3 Å². The van der Waals surface area contributed by atoms with Gasteiger partial charge in [-0.15, -0.1) is 0 Å². The SMILES string of the molecule is O=[N+]([O-])c1ccc(CN2CCCC3(C2)OCCO3)c(Cl)c1. The Morgan fingerprint density at radius 3 is 2.81 bits per heavy atom. The number of nitro benzene ring substituents is 1. The lowest BCUT2D eigenvalue weighted by molar-refractivity contribution is -0.384. The summed E-state index contributed by atoms with van der Waals surface area (Å²) in [5, 5.41) is 11.2. The fourth-order valence-corrected chi connectivity index (χ4v) is 3.19. The summed E-state index contributed by atoms with van der Waals surface area (Å²) < 4.78 is 11.5. The number of nitrogens with zero attached hydrogens (tertiary/aromatic N) is 2. The van der Waals surface area contributed by atoms with Crippen LogP contribution in [0.3, 0.4) is 0 Å². The zero-order chi connectivity index (χ0) is 14.9. The summed E-state index contributed by atoms with van der Waals surface area (Å²) in [6.45, 7) is 3.59. The molecule has 2 aliphatic rings. The summed E-state index contributed by atoms with van der Waals surface area (Å²) in [4.78, 5) is 12.5. The minimum absolute atomic E-state index is 0.0151. The van der Waals surface area contributed by atoms with Crippen LogP contribution in [0.2, 0.25) is 5.02 Å². The second-order valence-corrected chi connectivity index (χ2v) is 5.86. The molecule has 0 atom stereocenters. The largest absolute Gasteiger partial charge is 0.346 e. The predicted octanol–water partition coefficient (Wildman–Crippen LogP) is 2.59. The fraction of sp³-hybridized carbons (Fsp3) is 0.571. The molecule has 0 unspecified atom stereocenters. The highest BCUT2D eigenvalue weighted by molar-refractivity contribution is 6.31. The third kappa shape index (κ3) is 3.18. The third-order valence-corrected chi connectivity index (χ3v) is 4.30. The van der Waals surface area contributed by atoms with E-state index in [1.165, 1.54) is 12.1 Å². The fourth-order valence-electron chi connectivity index (χ4n) is 2.96. The molecule has 0 amide bonds. The molecule has 0 bridgehead atoms. The second-order valence-electron chi connectivity index (χ2n) is 5.45. The average molecular weight is 313 g/mol. The molecule has 0 aliphatic carbocycles. The molecule has 0 radical (unpaired) electrons. The highest BCUT2D eigenvalue weighted by Crippen LogP contribution is 2.32. The first-order valence-electron chi connectivity index (χ1n) is 7.01. The van der Waals surface area contributed by atoms with Crippen LogP contribution in [-0.2, 0) is 16.0 Å². The number of benzene rings is 1. The van der Waals surface area contributed by atoms with Crippen LogP contribution in [0.4, 0.5) is 5.69 Å². The molecule has 0 saturated carbocycles. The van der Waals surface area contributed by atoms with E-state index in [1.54, 1.807) is 6.07 Å². The lowest BCUT2D eigenvalue weighted by Gasteiger charge is -2.38. The van der Waals surface area contributed by atoms with Crippen molar-refractivity contribution in [2.24, 2.45) is 0 Å². The van der Waals surface area contributed by atoms with Crippen LogP contribution < -0.4 is 0 Å². The molecular weight excluding hydrogens is 296 g/mol. The van der Waals surface area contributed by atoms with E-state index in [1.807, 2.05) is 0 Å². The van der Waals surface area contributed by atoms with Gasteiger partial charge in [0.1, 0.15) is 0 Å². The first kappa shape index (κ1) is 14.7. The number of non-ortho nitro benzene ring substituents is 1. The minimum atomic E-state index is -0.467. The van der Waals surface area contributed by atoms with E-state index in [9.17, 15) is 10.1 Å². The van der Waals surface area contributed by atoms with Crippen molar-refractivity contribution in [3.05, 3.63) is 38.9 Å². The van der Waals surface area contributed by atoms with Gasteiger partial charge in [0.25, 0.3) is 5.69 Å². The maximum absolute atomic E-state index is 10.7. The zero-order valence-electron chi connectivity index (χ0n) is 11.6. The first-order chi connectivity index (χ1) is 10.1. The molecule has 1 aromatic rings. The van der Waals surface area contributed by atoms with E-state index in [2.05, 4.69) is 4.90 Å². The first-order valence-corrected chi connectivity index (χ1v) is 7.39. The maximum atomic E-state index is 10.7. The van der Waals surface area contributed by atoms with Gasteiger partial charge in [-0.2, -0.15) is 0 Å². The van der Waals surface area contributed by atoms with Crippen LogP contribution in [-0.4, -0.2) is 41.9 Å². The molecule has 3 rings (SSSR count). The highest BCUT2D eigenvalue weighted by Gasteiger charge is 2.40. The van der Waals surface area contributed by atoms with Gasteiger partial charge in [0.2, 0.25) is 0 Å². The van der Waals surface area contributed by atoms with Crippen LogP contribution in [0.5, 0.6) is 0 Å². The summed E-state index contributed by atoms with van der Waals surface area (Å²) >= 11 is 6.15. The Morgan fingerprint density at radius 2 is 2.14 bits per heavy atom. The lowest BCUT2D eigenvalue weighted by atomic mass is 10.0. The molecule has 2 saturated heterocycles. The van der Waals surface area contributed by atoms with Crippen molar-refractivity contribution in [3.63, 3.8) is 0 Å². The predicted molar refractivity (Wildman–Crippen MR) is 77.3 cm³/mol. The van der Waals surface area contributed by atoms with Crippen LogP contribution in [0.15, 0.2) is 18.2 Å². The standard InChI is InChI=1S/C14H17ClN2O4/c15-13-8-12(17(18)19)3-2-11(13)9-16-5-1-4-14(10-16)20-6-7-21-14/h2-3,8H,1,4-7,9-10H2. The Morgan fingerprint density at radius 1 is 1.38 bits per heavy atom. The second kappa shape index (κ2) is 5.88. The van der Waals surface area contributed by atoms with Crippen molar-refractivity contribution in [1.29, 1.82) is 0 Å².